The van der Waals surface area contributed by atoms with Crippen LogP contribution in [-0.4, -0.2) is 16.5 Å². The van der Waals surface area contributed by atoms with Gasteiger partial charge in [0.2, 0.25) is 0 Å². The molecule has 0 spiro atoms. The predicted molar refractivity (Wildman–Crippen MR) is 77.8 cm³/mol. The van der Waals surface area contributed by atoms with Crippen LogP contribution in [0.4, 0.5) is 0 Å². The van der Waals surface area contributed by atoms with Crippen LogP contribution in [0.25, 0.3) is 4.65 Å². The van der Waals surface area contributed by atoms with Gasteiger partial charge in [-0.15, -0.1) is 0 Å². The molecule has 0 amide bonds. The van der Waals surface area contributed by atoms with Crippen molar-refractivity contribution in [1.82, 2.24) is 0 Å². The first kappa shape index (κ1) is 20.3. The minimum Gasteiger partial charge on any atom is -0.666 e. The summed E-state index contributed by atoms with van der Waals surface area (Å²) >= 11 is 0. The monoisotopic (exact) mass is 283 g/mol. The number of hydrogen-bond acceptors (Lipinski definition) is 0. The summed E-state index contributed by atoms with van der Waals surface area (Å²) in [6, 6.07) is 0. The SMILES string of the molecule is CC(C)(C)[Si](C)(C)[N-][Si](C)(C)C(C)(C)C.[K+]. The van der Waals surface area contributed by atoms with Crippen LogP contribution in [0.2, 0.25) is 36.3 Å². The molecular weight excluding hydrogens is 253 g/mol. The summed E-state index contributed by atoms with van der Waals surface area (Å²) in [7, 11) is -2.93. The largest absolute Gasteiger partial charge is 1.00 e. The quantitative estimate of drug-likeness (QED) is 0.691. The fourth-order valence-corrected chi connectivity index (χ4v) is 9.31. The zero-order valence-electron chi connectivity index (χ0n) is 13.4. The Hall–Kier alpha value is 2.03. The first-order valence-corrected chi connectivity index (χ1v) is 11.8. The Kier molecular flexibility index (Phi) is 7.62. The first-order valence-electron chi connectivity index (χ1n) is 5.95. The van der Waals surface area contributed by atoms with Crippen molar-refractivity contribution in [2.45, 2.75) is 77.8 Å². The molecule has 0 N–H and O–H groups in total. The average Bonchev–Trinajstić information content (AvgIpc) is 1.77. The summed E-state index contributed by atoms with van der Waals surface area (Å²) < 4.78 is 5.36. The molecule has 0 heterocycles. The predicted octanol–water partition coefficient (Wildman–Crippen LogP) is 2.37. The second-order valence-electron chi connectivity index (χ2n) is 7.73. The van der Waals surface area contributed by atoms with Gasteiger partial charge in [0.05, 0.1) is 0 Å². The van der Waals surface area contributed by atoms with Gasteiger partial charge in [-0.1, -0.05) is 94.3 Å². The molecule has 0 rings (SSSR count). The third-order valence-electron chi connectivity index (χ3n) is 4.23. The Morgan fingerprint density at radius 3 is 0.938 bits per heavy atom. The molecule has 0 unspecified atom stereocenters. The molecule has 0 saturated carbocycles. The van der Waals surface area contributed by atoms with Gasteiger partial charge >= 0.3 is 51.4 Å². The third kappa shape index (κ3) is 5.34. The Morgan fingerprint density at radius 1 is 0.625 bits per heavy atom. The fraction of sp³-hybridized carbons (Fsp3) is 1.00. The van der Waals surface area contributed by atoms with E-state index in [0.29, 0.717) is 10.1 Å². The van der Waals surface area contributed by atoms with Gasteiger partial charge in [0.1, 0.15) is 0 Å². The Balaban J connectivity index is 0. The van der Waals surface area contributed by atoms with Crippen molar-refractivity contribution in [1.29, 1.82) is 0 Å². The van der Waals surface area contributed by atoms with E-state index in [-0.39, 0.29) is 51.4 Å². The Bertz CT molecular complexity index is 200. The van der Waals surface area contributed by atoms with E-state index < -0.39 is 16.5 Å². The summed E-state index contributed by atoms with van der Waals surface area (Å²) in [6.07, 6.45) is 0. The Labute approximate surface area is 148 Å². The number of nitrogens with zero attached hydrogens (tertiary/aromatic N) is 1. The molecule has 0 fully saturated rings. The van der Waals surface area contributed by atoms with Crippen LogP contribution >= 0.6 is 0 Å². The van der Waals surface area contributed by atoms with Crippen molar-refractivity contribution in [2.24, 2.45) is 0 Å². The van der Waals surface area contributed by atoms with Crippen LogP contribution < -0.4 is 51.4 Å². The molecular formula is C12H30KNSi2. The van der Waals surface area contributed by atoms with Gasteiger partial charge < -0.3 is 4.65 Å². The van der Waals surface area contributed by atoms with Gasteiger partial charge in [-0.25, -0.2) is 0 Å². The van der Waals surface area contributed by atoms with E-state index in [0.717, 1.165) is 0 Å². The van der Waals surface area contributed by atoms with Crippen molar-refractivity contribution in [3.8, 4) is 0 Å². The normalized spacial score (nSPS) is 14.6. The maximum atomic E-state index is 5.36. The van der Waals surface area contributed by atoms with Crippen LogP contribution in [0.3, 0.4) is 0 Å². The van der Waals surface area contributed by atoms with Crippen LogP contribution in [0, 0.1) is 0 Å². The van der Waals surface area contributed by atoms with Crippen LogP contribution in [0.1, 0.15) is 41.5 Å². The zero-order chi connectivity index (χ0) is 12.7. The molecule has 0 radical (unpaired) electrons. The molecule has 92 valence electrons. The third-order valence-corrected chi connectivity index (χ3v) is 16.0. The van der Waals surface area contributed by atoms with Gasteiger partial charge in [-0.05, 0) is 0 Å². The van der Waals surface area contributed by atoms with Crippen molar-refractivity contribution in [3.63, 3.8) is 0 Å². The van der Waals surface area contributed by atoms with E-state index in [4.69, 9.17) is 4.65 Å². The van der Waals surface area contributed by atoms with E-state index in [9.17, 15) is 0 Å². The number of hydrogen-bond donors (Lipinski definition) is 0. The molecule has 0 aromatic heterocycles. The van der Waals surface area contributed by atoms with E-state index in [1.807, 2.05) is 0 Å². The molecule has 1 nitrogen and oxygen atoms in total. The molecule has 16 heavy (non-hydrogen) atoms. The summed E-state index contributed by atoms with van der Waals surface area (Å²) in [4.78, 5) is 0. The topological polar surface area (TPSA) is 14.1 Å². The summed E-state index contributed by atoms with van der Waals surface area (Å²) in [5.74, 6) is 0. The van der Waals surface area contributed by atoms with Crippen LogP contribution in [0.5, 0.6) is 0 Å². The van der Waals surface area contributed by atoms with Crippen molar-refractivity contribution < 1.29 is 51.4 Å². The summed E-state index contributed by atoms with van der Waals surface area (Å²) in [5, 5.41) is 0.755. The fourth-order valence-electron chi connectivity index (χ4n) is 1.03. The van der Waals surface area contributed by atoms with E-state index >= 15 is 0 Å². The number of rotatable bonds is 2. The second kappa shape index (κ2) is 5.99. The van der Waals surface area contributed by atoms with Crippen molar-refractivity contribution >= 4 is 16.5 Å². The van der Waals surface area contributed by atoms with Gasteiger partial charge in [0.25, 0.3) is 0 Å². The zero-order valence-corrected chi connectivity index (χ0v) is 18.6. The van der Waals surface area contributed by atoms with E-state index in [2.05, 4.69) is 67.7 Å². The smallest absolute Gasteiger partial charge is 0.666 e. The van der Waals surface area contributed by atoms with E-state index in [1.165, 1.54) is 0 Å². The van der Waals surface area contributed by atoms with Crippen molar-refractivity contribution in [2.75, 3.05) is 0 Å². The minimum atomic E-state index is -1.46. The summed E-state index contributed by atoms with van der Waals surface area (Å²) in [6.45, 7) is 23.7. The van der Waals surface area contributed by atoms with Gasteiger partial charge in [0.15, 0.2) is 0 Å². The molecule has 0 aliphatic heterocycles. The maximum Gasteiger partial charge on any atom is 1.00 e. The first-order chi connectivity index (χ1) is 6.21. The molecule has 0 saturated heterocycles. The minimum absolute atomic E-state index is 0. The second-order valence-corrected chi connectivity index (χ2v) is 17.9. The molecule has 0 bridgehead atoms. The molecule has 0 aromatic rings. The van der Waals surface area contributed by atoms with Crippen LogP contribution in [0.15, 0.2) is 0 Å². The van der Waals surface area contributed by atoms with Crippen molar-refractivity contribution in [3.05, 3.63) is 4.65 Å². The molecule has 0 atom stereocenters. The molecule has 0 aromatic carbocycles. The maximum absolute atomic E-state index is 5.36. The van der Waals surface area contributed by atoms with Gasteiger partial charge in [-0.2, -0.15) is 0 Å². The van der Waals surface area contributed by atoms with Gasteiger partial charge in [0, 0.05) is 0 Å². The molecule has 0 aliphatic rings. The van der Waals surface area contributed by atoms with Gasteiger partial charge in [-0.3, -0.25) is 0 Å². The van der Waals surface area contributed by atoms with Crippen LogP contribution in [-0.2, 0) is 0 Å². The summed E-state index contributed by atoms with van der Waals surface area (Å²) in [5.41, 5.74) is 0. The molecule has 0 aliphatic carbocycles. The Morgan fingerprint density at radius 2 is 0.812 bits per heavy atom. The average molecular weight is 284 g/mol. The molecule has 4 heteroatoms. The standard InChI is InChI=1S/C12H30NSi2.K/c1-11(2,3)14(7,8)13-15(9,10)12(4,5)6;/h1-10H3;/q-1;+1. The van der Waals surface area contributed by atoms with E-state index in [1.54, 1.807) is 0 Å².